The lowest BCUT2D eigenvalue weighted by Crippen LogP contribution is -2.43. The highest BCUT2D eigenvalue weighted by molar-refractivity contribution is 7.98. The third-order valence-electron chi connectivity index (χ3n) is 2.69. The van der Waals surface area contributed by atoms with E-state index in [9.17, 15) is 9.90 Å². The number of rotatable bonds is 7. The van der Waals surface area contributed by atoms with Crippen molar-refractivity contribution in [2.24, 2.45) is 0 Å². The van der Waals surface area contributed by atoms with Gasteiger partial charge in [-0.25, -0.2) is 4.79 Å². The molecule has 0 saturated carbocycles. The van der Waals surface area contributed by atoms with Crippen LogP contribution in [0.3, 0.4) is 0 Å². The molecule has 0 bridgehead atoms. The van der Waals surface area contributed by atoms with Crippen LogP contribution in [0.25, 0.3) is 0 Å². The van der Waals surface area contributed by atoms with Crippen LogP contribution in [0.2, 0.25) is 0 Å². The number of hydrogen-bond donors (Lipinski definition) is 3. The molecular formula is C14H22N2O4S. The summed E-state index contributed by atoms with van der Waals surface area (Å²) in [4.78, 5) is 11.8. The highest BCUT2D eigenvalue weighted by atomic mass is 32.2. The second-order valence-corrected chi connectivity index (χ2v) is 5.70. The molecule has 2 amide bonds. The van der Waals surface area contributed by atoms with Crippen molar-refractivity contribution < 1.29 is 19.4 Å². The maximum Gasteiger partial charge on any atom is 0.319 e. The molecule has 1 atom stereocenters. The number of amides is 2. The van der Waals surface area contributed by atoms with E-state index < -0.39 is 11.6 Å². The quantitative estimate of drug-likeness (QED) is 0.717. The number of carbonyl (C=O) groups excluding carboxylic acids is 1. The van der Waals surface area contributed by atoms with Crippen molar-refractivity contribution in [1.29, 1.82) is 0 Å². The molecule has 0 saturated heterocycles. The molecule has 0 aliphatic carbocycles. The highest BCUT2D eigenvalue weighted by Gasteiger charge is 2.20. The highest BCUT2D eigenvalue weighted by Crippen LogP contribution is 2.25. The normalized spacial score (nSPS) is 13.2. The largest absolute Gasteiger partial charge is 0.497 e. The third kappa shape index (κ3) is 6.14. The Morgan fingerprint density at radius 3 is 2.33 bits per heavy atom. The maximum atomic E-state index is 11.8. The standard InChI is InChI=1S/C14H22N2O4S/c1-14(18,9-21-4)8-15-13(17)16-10-5-11(19-2)7-12(6-10)20-3/h5-7,18H,8-9H2,1-4H3,(H2,15,16,17). The number of ether oxygens (including phenoxy) is 2. The SMILES string of the molecule is COc1cc(NC(=O)NCC(C)(O)CSC)cc(OC)c1. The van der Waals surface area contributed by atoms with Gasteiger partial charge < -0.3 is 25.2 Å². The molecule has 0 spiro atoms. The Morgan fingerprint density at radius 2 is 1.86 bits per heavy atom. The molecule has 0 aliphatic heterocycles. The number of aliphatic hydroxyl groups is 1. The van der Waals surface area contributed by atoms with Gasteiger partial charge >= 0.3 is 6.03 Å². The Kier molecular flexibility index (Phi) is 6.64. The number of hydrogen-bond acceptors (Lipinski definition) is 5. The fraction of sp³-hybridized carbons (Fsp3) is 0.500. The minimum atomic E-state index is -0.942. The van der Waals surface area contributed by atoms with Crippen LogP contribution < -0.4 is 20.1 Å². The Bertz CT molecular complexity index is 458. The van der Waals surface area contributed by atoms with Gasteiger partial charge in [0, 0.05) is 36.2 Å². The fourth-order valence-corrected chi connectivity index (χ4v) is 2.41. The van der Waals surface area contributed by atoms with Gasteiger partial charge in [0.2, 0.25) is 0 Å². The molecule has 118 valence electrons. The lowest BCUT2D eigenvalue weighted by molar-refractivity contribution is 0.0876. The van der Waals surface area contributed by atoms with Crippen molar-refractivity contribution in [3.05, 3.63) is 18.2 Å². The van der Waals surface area contributed by atoms with Crippen molar-refractivity contribution in [1.82, 2.24) is 5.32 Å². The minimum absolute atomic E-state index is 0.167. The number of urea groups is 1. The van der Waals surface area contributed by atoms with Crippen molar-refractivity contribution in [2.45, 2.75) is 12.5 Å². The van der Waals surface area contributed by atoms with E-state index in [1.54, 1.807) is 25.1 Å². The summed E-state index contributed by atoms with van der Waals surface area (Å²) in [5.74, 6) is 1.71. The first-order chi connectivity index (χ1) is 9.90. The molecule has 1 rings (SSSR count). The van der Waals surface area contributed by atoms with Crippen molar-refractivity contribution >= 4 is 23.5 Å². The smallest absolute Gasteiger partial charge is 0.319 e. The fourth-order valence-electron chi connectivity index (χ4n) is 1.69. The van der Waals surface area contributed by atoms with Gasteiger partial charge in [0.15, 0.2) is 0 Å². The zero-order valence-corrected chi connectivity index (χ0v) is 13.5. The van der Waals surface area contributed by atoms with Gasteiger partial charge in [-0.2, -0.15) is 11.8 Å². The molecule has 1 aromatic carbocycles. The average Bonchev–Trinajstić information content (AvgIpc) is 2.44. The molecule has 0 heterocycles. The van der Waals surface area contributed by atoms with Crippen LogP contribution >= 0.6 is 11.8 Å². The van der Waals surface area contributed by atoms with E-state index in [2.05, 4.69) is 10.6 Å². The first kappa shape index (κ1) is 17.5. The summed E-state index contributed by atoms with van der Waals surface area (Å²) in [5.41, 5.74) is -0.392. The van der Waals surface area contributed by atoms with E-state index in [1.165, 1.54) is 26.0 Å². The summed E-state index contributed by atoms with van der Waals surface area (Å²) < 4.78 is 10.3. The first-order valence-corrected chi connectivity index (χ1v) is 7.79. The molecule has 0 fully saturated rings. The minimum Gasteiger partial charge on any atom is -0.497 e. The van der Waals surface area contributed by atoms with Crippen molar-refractivity contribution in [3.63, 3.8) is 0 Å². The van der Waals surface area contributed by atoms with E-state index in [-0.39, 0.29) is 6.54 Å². The summed E-state index contributed by atoms with van der Waals surface area (Å²) in [7, 11) is 3.08. The number of methoxy groups -OCH3 is 2. The number of benzene rings is 1. The molecule has 0 aromatic heterocycles. The van der Waals surface area contributed by atoms with Crippen molar-refractivity contribution in [2.75, 3.05) is 38.1 Å². The molecule has 6 nitrogen and oxygen atoms in total. The first-order valence-electron chi connectivity index (χ1n) is 6.39. The second-order valence-electron chi connectivity index (χ2n) is 4.84. The Balaban J connectivity index is 2.62. The summed E-state index contributed by atoms with van der Waals surface area (Å²) in [6.45, 7) is 1.85. The van der Waals surface area contributed by atoms with Gasteiger partial charge in [-0.1, -0.05) is 0 Å². The average molecular weight is 314 g/mol. The summed E-state index contributed by atoms with van der Waals surface area (Å²) >= 11 is 1.52. The molecule has 21 heavy (non-hydrogen) atoms. The molecule has 1 unspecified atom stereocenters. The summed E-state index contributed by atoms with van der Waals surface area (Å²) in [5, 5.41) is 15.3. The topological polar surface area (TPSA) is 79.8 Å². The van der Waals surface area contributed by atoms with Gasteiger partial charge in [0.1, 0.15) is 11.5 Å². The van der Waals surface area contributed by atoms with Crippen LogP contribution in [0.15, 0.2) is 18.2 Å². The van der Waals surface area contributed by atoms with E-state index in [0.29, 0.717) is 22.9 Å². The summed E-state index contributed by atoms with van der Waals surface area (Å²) in [6, 6.07) is 4.68. The van der Waals surface area contributed by atoms with E-state index in [4.69, 9.17) is 9.47 Å². The number of carbonyl (C=O) groups is 1. The van der Waals surface area contributed by atoms with Gasteiger partial charge in [-0.05, 0) is 13.2 Å². The third-order valence-corrected chi connectivity index (χ3v) is 3.60. The van der Waals surface area contributed by atoms with Crippen LogP contribution in [-0.2, 0) is 0 Å². The number of thioether (sulfide) groups is 1. The molecule has 3 N–H and O–H groups in total. The van der Waals surface area contributed by atoms with Crippen LogP contribution in [0, 0.1) is 0 Å². The van der Waals surface area contributed by atoms with Gasteiger partial charge in [-0.3, -0.25) is 0 Å². The maximum absolute atomic E-state index is 11.8. The molecule has 0 aliphatic rings. The van der Waals surface area contributed by atoms with E-state index in [1.807, 2.05) is 6.26 Å². The Hall–Kier alpha value is -1.60. The van der Waals surface area contributed by atoms with Gasteiger partial charge in [-0.15, -0.1) is 0 Å². The Labute approximate surface area is 129 Å². The number of nitrogens with one attached hydrogen (secondary N) is 2. The molecule has 1 aromatic rings. The molecular weight excluding hydrogens is 292 g/mol. The van der Waals surface area contributed by atoms with Crippen LogP contribution in [0.5, 0.6) is 11.5 Å². The summed E-state index contributed by atoms with van der Waals surface area (Å²) in [6.07, 6.45) is 1.90. The zero-order valence-electron chi connectivity index (χ0n) is 12.7. The van der Waals surface area contributed by atoms with Crippen LogP contribution in [0.1, 0.15) is 6.92 Å². The van der Waals surface area contributed by atoms with E-state index >= 15 is 0 Å². The predicted molar refractivity (Wildman–Crippen MR) is 85.6 cm³/mol. The number of anilines is 1. The van der Waals surface area contributed by atoms with E-state index in [0.717, 1.165) is 0 Å². The van der Waals surface area contributed by atoms with Crippen LogP contribution in [-0.4, -0.2) is 49.5 Å². The predicted octanol–water partition coefficient (Wildman–Crippen LogP) is 1.94. The van der Waals surface area contributed by atoms with Gasteiger partial charge in [0.25, 0.3) is 0 Å². The Morgan fingerprint density at radius 1 is 1.29 bits per heavy atom. The molecule has 7 heteroatoms. The second kappa shape index (κ2) is 7.99. The lowest BCUT2D eigenvalue weighted by atomic mass is 10.1. The van der Waals surface area contributed by atoms with Crippen molar-refractivity contribution in [3.8, 4) is 11.5 Å². The zero-order chi connectivity index (χ0) is 15.9. The van der Waals surface area contributed by atoms with Crippen LogP contribution in [0.4, 0.5) is 10.5 Å². The molecule has 0 radical (unpaired) electrons. The lowest BCUT2D eigenvalue weighted by Gasteiger charge is -2.22. The van der Waals surface area contributed by atoms with Gasteiger partial charge in [0.05, 0.1) is 19.8 Å². The monoisotopic (exact) mass is 314 g/mol.